The van der Waals surface area contributed by atoms with Gasteiger partial charge in [0, 0.05) is 23.8 Å². The second kappa shape index (κ2) is 6.76. The van der Waals surface area contributed by atoms with Crippen molar-refractivity contribution in [1.29, 1.82) is 0 Å². The summed E-state index contributed by atoms with van der Waals surface area (Å²) in [4.78, 5) is 26.8. The van der Waals surface area contributed by atoms with Gasteiger partial charge in [-0.25, -0.2) is 13.4 Å². The van der Waals surface area contributed by atoms with E-state index < -0.39 is 14.8 Å². The van der Waals surface area contributed by atoms with Gasteiger partial charge in [-0.3, -0.25) is 14.9 Å². The highest BCUT2D eigenvalue weighted by atomic mass is 32.2. The zero-order chi connectivity index (χ0) is 19.8. The van der Waals surface area contributed by atoms with Gasteiger partial charge in [0.15, 0.2) is 15.6 Å². The second-order valence-corrected chi connectivity index (χ2v) is 7.89. The summed E-state index contributed by atoms with van der Waals surface area (Å²) in [5, 5.41) is 11.3. The van der Waals surface area contributed by atoms with Crippen LogP contribution in [0.2, 0.25) is 0 Å². The van der Waals surface area contributed by atoms with Gasteiger partial charge in [-0.15, -0.1) is 0 Å². The highest BCUT2D eigenvalue weighted by molar-refractivity contribution is 7.90. The molecule has 0 amide bonds. The molecular formula is C18H14N2O6S. The fourth-order valence-corrected chi connectivity index (χ4v) is 3.08. The van der Waals surface area contributed by atoms with Gasteiger partial charge in [-0.05, 0) is 43.3 Å². The first-order valence-electron chi connectivity index (χ1n) is 7.73. The molecule has 0 saturated heterocycles. The lowest BCUT2D eigenvalue weighted by atomic mass is 10.1. The van der Waals surface area contributed by atoms with Crippen molar-refractivity contribution in [2.75, 3.05) is 6.26 Å². The first-order valence-corrected chi connectivity index (χ1v) is 9.62. The van der Waals surface area contributed by atoms with Crippen molar-refractivity contribution in [1.82, 2.24) is 0 Å². The Kier molecular flexibility index (Phi) is 4.63. The lowest BCUT2D eigenvalue weighted by Gasteiger charge is -2.03. The Bertz CT molecular complexity index is 1240. The molecule has 3 rings (SSSR count). The standard InChI is InChI=1S/C18H14N2O6S/c1-11(21)16-10-12-9-14(20(22)23)5-8-17(12)26-18(16)19-13-3-6-15(7-4-13)27(2,24)25/h3-10H,1-2H3/b19-18-. The van der Waals surface area contributed by atoms with Crippen LogP contribution in [0.5, 0.6) is 0 Å². The van der Waals surface area contributed by atoms with Gasteiger partial charge in [-0.2, -0.15) is 0 Å². The molecule has 0 aliphatic carbocycles. The van der Waals surface area contributed by atoms with Crippen LogP contribution in [0.15, 0.2) is 62.8 Å². The summed E-state index contributed by atoms with van der Waals surface area (Å²) in [6, 6.07) is 11.3. The fourth-order valence-electron chi connectivity index (χ4n) is 2.45. The second-order valence-electron chi connectivity index (χ2n) is 5.88. The number of ketones is 1. The van der Waals surface area contributed by atoms with E-state index in [0.29, 0.717) is 16.7 Å². The summed E-state index contributed by atoms with van der Waals surface area (Å²) in [7, 11) is -3.33. The number of non-ortho nitro benzene ring substituents is 1. The van der Waals surface area contributed by atoms with Gasteiger partial charge < -0.3 is 4.42 Å². The van der Waals surface area contributed by atoms with Crippen LogP contribution in [-0.2, 0) is 9.84 Å². The van der Waals surface area contributed by atoms with E-state index in [2.05, 4.69) is 4.99 Å². The number of hydrogen-bond donors (Lipinski definition) is 0. The molecule has 0 aliphatic rings. The summed E-state index contributed by atoms with van der Waals surface area (Å²) < 4.78 is 28.7. The molecule has 0 aliphatic heterocycles. The maximum absolute atomic E-state index is 12.0. The number of carbonyl (C=O) groups excluding carboxylic acids is 1. The average Bonchev–Trinajstić information content (AvgIpc) is 2.60. The number of nitro benzene ring substituents is 1. The van der Waals surface area contributed by atoms with Crippen LogP contribution in [0.4, 0.5) is 11.4 Å². The van der Waals surface area contributed by atoms with Crippen LogP contribution in [0.25, 0.3) is 11.0 Å². The number of hydrogen-bond acceptors (Lipinski definition) is 7. The molecule has 138 valence electrons. The molecule has 1 heterocycles. The van der Waals surface area contributed by atoms with E-state index in [9.17, 15) is 23.3 Å². The number of sulfone groups is 1. The minimum Gasteiger partial charge on any atom is -0.438 e. The predicted molar refractivity (Wildman–Crippen MR) is 97.6 cm³/mol. The third kappa shape index (κ3) is 3.93. The molecule has 0 spiro atoms. The molecular weight excluding hydrogens is 372 g/mol. The lowest BCUT2D eigenvalue weighted by molar-refractivity contribution is -0.384. The molecule has 0 atom stereocenters. The number of nitrogens with zero attached hydrogens (tertiary/aromatic N) is 2. The minimum atomic E-state index is -3.33. The van der Waals surface area contributed by atoms with Gasteiger partial charge in [0.25, 0.3) is 5.69 Å². The molecule has 8 nitrogen and oxygen atoms in total. The molecule has 0 bridgehead atoms. The Labute approximate surface area is 153 Å². The molecule has 27 heavy (non-hydrogen) atoms. The lowest BCUT2D eigenvalue weighted by Crippen LogP contribution is -2.13. The normalized spacial score (nSPS) is 12.3. The van der Waals surface area contributed by atoms with E-state index in [0.717, 1.165) is 6.26 Å². The van der Waals surface area contributed by atoms with Gasteiger partial charge >= 0.3 is 0 Å². The first-order chi connectivity index (χ1) is 12.6. The van der Waals surface area contributed by atoms with Crippen molar-refractivity contribution in [3.05, 3.63) is 69.8 Å². The molecule has 0 fully saturated rings. The van der Waals surface area contributed by atoms with E-state index in [-0.39, 0.29) is 27.5 Å². The zero-order valence-corrected chi connectivity index (χ0v) is 15.2. The molecule has 0 unspecified atom stereocenters. The van der Waals surface area contributed by atoms with E-state index in [1.165, 1.54) is 55.5 Å². The van der Waals surface area contributed by atoms with Gasteiger partial charge in [0.1, 0.15) is 5.58 Å². The summed E-state index contributed by atoms with van der Waals surface area (Å²) in [5.41, 5.74) is 0.811. The number of rotatable bonds is 4. The van der Waals surface area contributed by atoms with E-state index in [1.807, 2.05) is 0 Å². The van der Waals surface area contributed by atoms with Crippen molar-refractivity contribution in [3.8, 4) is 0 Å². The molecule has 3 aromatic rings. The van der Waals surface area contributed by atoms with Crippen LogP contribution in [-0.4, -0.2) is 25.4 Å². The SMILES string of the molecule is CC(=O)c1cc2cc([N+](=O)[O-])ccc2o/c1=N\c1ccc(S(C)(=O)=O)cc1. The topological polar surface area (TPSA) is 120 Å². The molecule has 0 saturated carbocycles. The van der Waals surface area contributed by atoms with Crippen molar-refractivity contribution < 1.29 is 22.6 Å². The van der Waals surface area contributed by atoms with E-state index in [1.54, 1.807) is 0 Å². The molecule has 9 heteroatoms. The van der Waals surface area contributed by atoms with E-state index in [4.69, 9.17) is 4.42 Å². The van der Waals surface area contributed by atoms with Crippen LogP contribution in [0.1, 0.15) is 17.3 Å². The van der Waals surface area contributed by atoms with Crippen molar-refractivity contribution in [2.24, 2.45) is 4.99 Å². The number of fused-ring (bicyclic) bond motifs is 1. The number of nitro groups is 1. The Hall–Kier alpha value is -3.33. The largest absolute Gasteiger partial charge is 0.438 e. The van der Waals surface area contributed by atoms with Crippen LogP contribution in [0.3, 0.4) is 0 Å². The fraction of sp³-hybridized carbons (Fsp3) is 0.111. The Balaban J connectivity index is 2.19. The first kappa shape index (κ1) is 18.5. The third-order valence-electron chi connectivity index (χ3n) is 3.82. The van der Waals surface area contributed by atoms with Crippen molar-refractivity contribution in [3.63, 3.8) is 0 Å². The zero-order valence-electron chi connectivity index (χ0n) is 14.4. The molecule has 2 aromatic carbocycles. The summed E-state index contributed by atoms with van der Waals surface area (Å²) in [6.45, 7) is 1.33. The molecule has 1 aromatic heterocycles. The smallest absolute Gasteiger partial charge is 0.270 e. The summed E-state index contributed by atoms with van der Waals surface area (Å²) in [5.74, 6) is -0.321. The maximum atomic E-state index is 12.0. The monoisotopic (exact) mass is 386 g/mol. The van der Waals surface area contributed by atoms with Gasteiger partial charge in [0.2, 0.25) is 5.55 Å². The van der Waals surface area contributed by atoms with E-state index >= 15 is 0 Å². The summed E-state index contributed by atoms with van der Waals surface area (Å²) >= 11 is 0. The van der Waals surface area contributed by atoms with Crippen LogP contribution >= 0.6 is 0 Å². The molecule has 0 N–H and O–H groups in total. The average molecular weight is 386 g/mol. The van der Waals surface area contributed by atoms with Crippen molar-refractivity contribution in [2.45, 2.75) is 11.8 Å². The van der Waals surface area contributed by atoms with Gasteiger partial charge in [0.05, 0.1) is 21.1 Å². The summed E-state index contributed by atoms with van der Waals surface area (Å²) in [6.07, 6.45) is 1.10. The maximum Gasteiger partial charge on any atom is 0.270 e. The third-order valence-corrected chi connectivity index (χ3v) is 4.94. The Morgan fingerprint density at radius 2 is 1.78 bits per heavy atom. The van der Waals surface area contributed by atoms with Crippen LogP contribution in [0, 0.1) is 10.1 Å². The number of carbonyl (C=O) groups is 1. The highest BCUT2D eigenvalue weighted by Gasteiger charge is 2.12. The predicted octanol–water partition coefficient (Wildman–Crippen LogP) is 3.18. The quantitative estimate of drug-likeness (QED) is 0.386. The number of benzene rings is 2. The van der Waals surface area contributed by atoms with Gasteiger partial charge in [-0.1, -0.05) is 0 Å². The highest BCUT2D eigenvalue weighted by Crippen LogP contribution is 2.21. The number of Topliss-reactive ketones (excluding diaryl/α,β-unsaturated/α-hetero) is 1. The Morgan fingerprint density at radius 3 is 2.33 bits per heavy atom. The molecule has 0 radical (unpaired) electrons. The van der Waals surface area contributed by atoms with Crippen LogP contribution < -0.4 is 5.55 Å². The minimum absolute atomic E-state index is 0.0379. The van der Waals surface area contributed by atoms with Crippen molar-refractivity contribution >= 4 is 38.0 Å². The Morgan fingerprint density at radius 1 is 1.11 bits per heavy atom.